The molecule has 1 fully saturated rings. The number of halogens is 2. The largest absolute Gasteiger partial charge is 0.352 e. The molecule has 4 heterocycles. The molecule has 13 heteroatoms. The first kappa shape index (κ1) is 30.9. The molecule has 1 aliphatic heterocycles. The monoisotopic (exact) mass is 635 g/mol. The van der Waals surface area contributed by atoms with Gasteiger partial charge in [0, 0.05) is 12.5 Å². The Hall–Kier alpha value is -4.13. The average molecular weight is 636 g/mol. The van der Waals surface area contributed by atoms with E-state index in [1.54, 1.807) is 12.1 Å². The van der Waals surface area contributed by atoms with Crippen molar-refractivity contribution in [3.63, 3.8) is 0 Å². The summed E-state index contributed by atoms with van der Waals surface area (Å²) in [5.41, 5.74) is 1.13. The molecule has 0 unspecified atom stereocenters. The summed E-state index contributed by atoms with van der Waals surface area (Å²) >= 11 is 0. The van der Waals surface area contributed by atoms with Crippen molar-refractivity contribution in [2.45, 2.75) is 76.5 Å². The summed E-state index contributed by atoms with van der Waals surface area (Å²) in [4.78, 5) is 20.7. The van der Waals surface area contributed by atoms with Gasteiger partial charge in [0.05, 0.1) is 33.8 Å². The maximum absolute atomic E-state index is 14.7. The number of carbonyl (C=O) groups excluding carboxylic acids is 1. The minimum atomic E-state index is -3.57. The molecule has 10 nitrogen and oxygen atoms in total. The molecule has 0 radical (unpaired) electrons. The van der Waals surface area contributed by atoms with Crippen LogP contribution in [0.5, 0.6) is 0 Å². The number of fused-ring (bicyclic) bond motifs is 1. The van der Waals surface area contributed by atoms with Gasteiger partial charge in [-0.25, -0.2) is 31.8 Å². The molecule has 3 aromatic heterocycles. The van der Waals surface area contributed by atoms with E-state index < -0.39 is 38.3 Å². The summed E-state index contributed by atoms with van der Waals surface area (Å²) in [6.45, 7) is 8.40. The summed E-state index contributed by atoms with van der Waals surface area (Å²) in [6, 6.07) is 10.6. The standard InChI is InChI=1S/C32H35F2N7O3S/c1-19-13-14-32(31(2,3)4,30-21(19)15-24(38-39-30)29-22(33)7-5-8-23(29)34)25-9-6-10-27(37-25)41-18-35-26(40-41)17-45(43,44)16-20-11-12-28(42)36-20/h5-10,15,18-20H,11-14,16-17H2,1-4H3,(H,36,42)/t19-,20+,32-/m0/s1. The van der Waals surface area contributed by atoms with Crippen LogP contribution in [0.2, 0.25) is 0 Å². The van der Waals surface area contributed by atoms with Crippen molar-refractivity contribution >= 4 is 15.7 Å². The highest BCUT2D eigenvalue weighted by atomic mass is 32.2. The number of pyridine rings is 1. The van der Waals surface area contributed by atoms with Gasteiger partial charge in [0.25, 0.3) is 0 Å². The second-order valence-electron chi connectivity index (χ2n) is 13.1. The molecule has 2 aliphatic rings. The minimum Gasteiger partial charge on any atom is -0.352 e. The molecule has 0 bridgehead atoms. The van der Waals surface area contributed by atoms with Crippen LogP contribution in [-0.4, -0.2) is 56.1 Å². The van der Waals surface area contributed by atoms with Crippen LogP contribution in [0.1, 0.15) is 82.1 Å². The number of carbonyl (C=O) groups is 1. The number of hydrogen-bond donors (Lipinski definition) is 1. The van der Waals surface area contributed by atoms with E-state index in [0.717, 1.165) is 17.7 Å². The molecule has 1 aliphatic carbocycles. The first-order chi connectivity index (χ1) is 21.3. The highest BCUT2D eigenvalue weighted by molar-refractivity contribution is 7.90. The Morgan fingerprint density at radius 1 is 1.07 bits per heavy atom. The minimum absolute atomic E-state index is 0.0696. The lowest BCUT2D eigenvalue weighted by Gasteiger charge is -2.48. The van der Waals surface area contributed by atoms with E-state index in [4.69, 9.17) is 4.98 Å². The maximum atomic E-state index is 14.7. The number of nitrogens with one attached hydrogen (secondary N) is 1. The van der Waals surface area contributed by atoms with Crippen LogP contribution in [0.3, 0.4) is 0 Å². The molecule has 3 atom stereocenters. The Morgan fingerprint density at radius 2 is 1.80 bits per heavy atom. The van der Waals surface area contributed by atoms with E-state index in [1.165, 1.54) is 29.2 Å². The zero-order valence-electron chi connectivity index (χ0n) is 25.6. The van der Waals surface area contributed by atoms with Crippen molar-refractivity contribution in [3.8, 4) is 17.1 Å². The van der Waals surface area contributed by atoms with Crippen molar-refractivity contribution in [1.82, 2.24) is 35.3 Å². The molecular weight excluding hydrogens is 600 g/mol. The highest BCUT2D eigenvalue weighted by Gasteiger charge is 2.51. The smallest absolute Gasteiger partial charge is 0.220 e. The number of sulfone groups is 1. The van der Waals surface area contributed by atoms with Crippen LogP contribution < -0.4 is 5.32 Å². The first-order valence-corrected chi connectivity index (χ1v) is 16.8. The molecule has 0 saturated carbocycles. The van der Waals surface area contributed by atoms with Crippen LogP contribution in [-0.2, 0) is 25.8 Å². The van der Waals surface area contributed by atoms with Gasteiger partial charge in [0.1, 0.15) is 23.7 Å². The van der Waals surface area contributed by atoms with Gasteiger partial charge in [-0.05, 0) is 66.5 Å². The normalized spacial score (nSPS) is 21.9. The van der Waals surface area contributed by atoms with E-state index in [0.29, 0.717) is 30.8 Å². The molecule has 1 aromatic carbocycles. The quantitative estimate of drug-likeness (QED) is 0.306. The molecule has 6 rings (SSSR count). The number of hydrogen-bond acceptors (Lipinski definition) is 8. The molecule has 236 valence electrons. The third kappa shape index (κ3) is 5.73. The summed E-state index contributed by atoms with van der Waals surface area (Å²) in [5.74, 6) is -1.41. The van der Waals surface area contributed by atoms with Crippen molar-refractivity contribution in [3.05, 3.63) is 83.2 Å². The molecular formula is C32H35F2N7O3S. The zero-order chi connectivity index (χ0) is 32.1. The molecule has 4 aromatic rings. The fraction of sp³-hybridized carbons (Fsp3) is 0.438. The fourth-order valence-corrected chi connectivity index (χ4v) is 8.18. The zero-order valence-corrected chi connectivity index (χ0v) is 26.4. The number of aromatic nitrogens is 6. The number of amides is 1. The molecule has 1 saturated heterocycles. The van der Waals surface area contributed by atoms with Gasteiger partial charge in [-0.1, -0.05) is 39.8 Å². The van der Waals surface area contributed by atoms with Crippen LogP contribution >= 0.6 is 0 Å². The summed E-state index contributed by atoms with van der Waals surface area (Å²) in [6.07, 6.45) is 3.74. The summed E-state index contributed by atoms with van der Waals surface area (Å²) in [7, 11) is -3.57. The lowest BCUT2D eigenvalue weighted by atomic mass is 9.56. The predicted octanol–water partition coefficient (Wildman–Crippen LogP) is 4.82. The molecule has 45 heavy (non-hydrogen) atoms. The van der Waals surface area contributed by atoms with E-state index >= 15 is 0 Å². The Balaban J connectivity index is 1.36. The maximum Gasteiger partial charge on any atom is 0.220 e. The van der Waals surface area contributed by atoms with Crippen molar-refractivity contribution in [1.29, 1.82) is 0 Å². The van der Waals surface area contributed by atoms with Crippen LogP contribution in [0.15, 0.2) is 48.8 Å². The Bertz CT molecular complexity index is 1870. The molecule has 1 amide bonds. The Labute approximate surface area is 260 Å². The van der Waals surface area contributed by atoms with Gasteiger partial charge in [-0.15, -0.1) is 10.2 Å². The fourth-order valence-electron chi connectivity index (χ4n) is 6.68. The molecule has 0 spiro atoms. The summed E-state index contributed by atoms with van der Waals surface area (Å²) in [5, 5.41) is 16.1. The van der Waals surface area contributed by atoms with Crippen LogP contribution in [0.4, 0.5) is 8.78 Å². The van der Waals surface area contributed by atoms with Gasteiger partial charge in [0.2, 0.25) is 5.91 Å². The number of nitrogens with zero attached hydrogens (tertiary/aromatic N) is 6. The second kappa shape index (κ2) is 11.3. The third-order valence-corrected chi connectivity index (χ3v) is 10.7. The van der Waals surface area contributed by atoms with Crippen LogP contribution in [0, 0.1) is 17.0 Å². The van der Waals surface area contributed by atoms with E-state index in [2.05, 4.69) is 53.3 Å². The molecule has 1 N–H and O–H groups in total. The van der Waals surface area contributed by atoms with Gasteiger partial charge in [-0.3, -0.25) is 4.79 Å². The number of rotatable bonds is 7. The van der Waals surface area contributed by atoms with E-state index in [1.807, 2.05) is 12.1 Å². The SMILES string of the molecule is C[C@H]1CC[C@@](c2cccc(-n3cnc(CS(=O)(=O)C[C@H]4CCC(=O)N4)n3)n2)(C(C)(C)C)c2nnc(-c3c(F)cccc3F)cc21. The number of benzene rings is 1. The predicted molar refractivity (Wildman–Crippen MR) is 163 cm³/mol. The highest BCUT2D eigenvalue weighted by Crippen LogP contribution is 2.55. The second-order valence-corrected chi connectivity index (χ2v) is 15.2. The summed E-state index contributed by atoms with van der Waals surface area (Å²) < 4.78 is 56.5. The lowest BCUT2D eigenvalue weighted by Crippen LogP contribution is -2.46. The topological polar surface area (TPSA) is 133 Å². The van der Waals surface area contributed by atoms with Gasteiger partial charge < -0.3 is 5.32 Å². The van der Waals surface area contributed by atoms with E-state index in [-0.39, 0.29) is 40.4 Å². The Kier molecular flexibility index (Phi) is 7.78. The first-order valence-electron chi connectivity index (χ1n) is 15.0. The van der Waals surface area contributed by atoms with Gasteiger partial charge >= 0.3 is 0 Å². The van der Waals surface area contributed by atoms with Crippen LogP contribution in [0.25, 0.3) is 17.1 Å². The lowest BCUT2D eigenvalue weighted by molar-refractivity contribution is -0.119. The Morgan fingerprint density at radius 3 is 2.49 bits per heavy atom. The average Bonchev–Trinajstić information content (AvgIpc) is 3.60. The van der Waals surface area contributed by atoms with Crippen molar-refractivity contribution in [2.75, 3.05) is 5.75 Å². The third-order valence-electron chi connectivity index (χ3n) is 9.04. The van der Waals surface area contributed by atoms with E-state index in [9.17, 15) is 22.0 Å². The van der Waals surface area contributed by atoms with Crippen molar-refractivity contribution in [2.24, 2.45) is 5.41 Å². The van der Waals surface area contributed by atoms with Gasteiger partial charge in [0.15, 0.2) is 21.5 Å². The van der Waals surface area contributed by atoms with Crippen molar-refractivity contribution < 1.29 is 22.0 Å². The van der Waals surface area contributed by atoms with Gasteiger partial charge in [-0.2, -0.15) is 5.10 Å².